The van der Waals surface area contributed by atoms with Crippen LogP contribution in [0.2, 0.25) is 0 Å². The molecule has 0 atom stereocenters. The van der Waals surface area contributed by atoms with Crippen LogP contribution >= 0.6 is 11.3 Å². The number of aromatic nitrogens is 2. The van der Waals surface area contributed by atoms with E-state index in [1.54, 1.807) is 11.3 Å². The normalized spacial score (nSPS) is 16.4. The predicted octanol–water partition coefficient (Wildman–Crippen LogP) is 3.78. The number of benzene rings is 1. The topological polar surface area (TPSA) is 33.1 Å². The van der Waals surface area contributed by atoms with E-state index in [4.69, 9.17) is 5.10 Å². The predicted molar refractivity (Wildman–Crippen MR) is 104 cm³/mol. The van der Waals surface area contributed by atoms with Crippen molar-refractivity contribution in [2.75, 3.05) is 20.1 Å². The largest absolute Gasteiger partial charge is 0.310 e. The molecule has 0 unspecified atom stereocenters. The molecule has 25 heavy (non-hydrogen) atoms. The molecule has 2 aromatic heterocycles. The second kappa shape index (κ2) is 7.52. The first-order valence-corrected chi connectivity index (χ1v) is 9.77. The summed E-state index contributed by atoms with van der Waals surface area (Å²) in [6, 6.07) is 15.2. The molecule has 1 fully saturated rings. The Hall–Kier alpha value is -1.95. The van der Waals surface area contributed by atoms with E-state index in [1.807, 2.05) is 10.7 Å². The average Bonchev–Trinajstić information content (AvgIpc) is 3.31. The Morgan fingerprint density at radius 1 is 1.12 bits per heavy atom. The molecule has 3 heterocycles. The summed E-state index contributed by atoms with van der Waals surface area (Å²) >= 11 is 1.75. The van der Waals surface area contributed by atoms with Crippen molar-refractivity contribution >= 4 is 11.3 Å². The van der Waals surface area contributed by atoms with Crippen LogP contribution in [0.1, 0.15) is 18.4 Å². The standard InChI is InChI=1S/C20H24N4S/c1-23-11-9-17(10-12-23)21-14-16-15-24(18-6-3-2-4-7-18)22-20(16)19-8-5-13-25-19/h2-8,13,15,17,21H,9-12,14H2,1H3. The maximum Gasteiger partial charge on any atom is 0.107 e. The number of thiophene rings is 1. The van der Waals surface area contributed by atoms with Gasteiger partial charge in [0, 0.05) is 24.3 Å². The van der Waals surface area contributed by atoms with Gasteiger partial charge in [-0.15, -0.1) is 11.3 Å². The van der Waals surface area contributed by atoms with Gasteiger partial charge in [0.25, 0.3) is 0 Å². The summed E-state index contributed by atoms with van der Waals surface area (Å²) in [5.74, 6) is 0. The second-order valence-corrected chi connectivity index (χ2v) is 7.67. The summed E-state index contributed by atoms with van der Waals surface area (Å²) < 4.78 is 2.00. The minimum Gasteiger partial charge on any atom is -0.310 e. The van der Waals surface area contributed by atoms with Gasteiger partial charge in [0.15, 0.2) is 0 Å². The third kappa shape index (κ3) is 3.84. The fraction of sp³-hybridized carbons (Fsp3) is 0.350. The molecule has 0 saturated carbocycles. The van der Waals surface area contributed by atoms with Gasteiger partial charge in [0.2, 0.25) is 0 Å². The van der Waals surface area contributed by atoms with E-state index >= 15 is 0 Å². The number of rotatable bonds is 5. The van der Waals surface area contributed by atoms with Gasteiger partial charge >= 0.3 is 0 Å². The van der Waals surface area contributed by atoms with Gasteiger partial charge in [0.1, 0.15) is 5.69 Å². The minimum atomic E-state index is 0.604. The van der Waals surface area contributed by atoms with E-state index < -0.39 is 0 Å². The van der Waals surface area contributed by atoms with Gasteiger partial charge in [-0.25, -0.2) is 4.68 Å². The van der Waals surface area contributed by atoms with E-state index in [0.29, 0.717) is 6.04 Å². The van der Waals surface area contributed by atoms with Crippen molar-refractivity contribution in [3.63, 3.8) is 0 Å². The Morgan fingerprint density at radius 2 is 1.92 bits per heavy atom. The lowest BCUT2D eigenvalue weighted by atomic mass is 10.1. The first-order valence-electron chi connectivity index (χ1n) is 8.89. The number of hydrogen-bond acceptors (Lipinski definition) is 4. The van der Waals surface area contributed by atoms with Crippen LogP contribution in [-0.4, -0.2) is 40.9 Å². The summed E-state index contributed by atoms with van der Waals surface area (Å²) in [5, 5.41) is 10.7. The zero-order chi connectivity index (χ0) is 17.1. The van der Waals surface area contributed by atoms with Crippen LogP contribution in [0, 0.1) is 0 Å². The maximum absolute atomic E-state index is 4.88. The summed E-state index contributed by atoms with van der Waals surface area (Å²) in [5.41, 5.74) is 3.47. The number of piperidine rings is 1. The van der Waals surface area contributed by atoms with Crippen molar-refractivity contribution in [2.24, 2.45) is 0 Å². The molecule has 1 N–H and O–H groups in total. The zero-order valence-electron chi connectivity index (χ0n) is 14.6. The molecule has 3 aromatic rings. The van der Waals surface area contributed by atoms with Crippen LogP contribution < -0.4 is 5.32 Å². The lowest BCUT2D eigenvalue weighted by Gasteiger charge is -2.29. The minimum absolute atomic E-state index is 0.604. The SMILES string of the molecule is CN1CCC(NCc2cn(-c3ccccc3)nc2-c2cccs2)CC1. The zero-order valence-corrected chi connectivity index (χ0v) is 15.4. The highest BCUT2D eigenvalue weighted by Gasteiger charge is 2.18. The Morgan fingerprint density at radius 3 is 2.64 bits per heavy atom. The molecular formula is C20H24N4S. The number of hydrogen-bond donors (Lipinski definition) is 1. The molecular weight excluding hydrogens is 328 g/mol. The van der Waals surface area contributed by atoms with E-state index in [0.717, 1.165) is 17.9 Å². The van der Waals surface area contributed by atoms with Crippen molar-refractivity contribution in [2.45, 2.75) is 25.4 Å². The van der Waals surface area contributed by atoms with Crippen molar-refractivity contribution in [3.05, 3.63) is 59.6 Å². The fourth-order valence-electron chi connectivity index (χ4n) is 3.34. The van der Waals surface area contributed by atoms with E-state index in [9.17, 15) is 0 Å². The maximum atomic E-state index is 4.88. The Balaban J connectivity index is 1.56. The van der Waals surface area contributed by atoms with Crippen molar-refractivity contribution in [3.8, 4) is 16.3 Å². The summed E-state index contributed by atoms with van der Waals surface area (Å²) in [7, 11) is 2.20. The quantitative estimate of drug-likeness (QED) is 0.758. The van der Waals surface area contributed by atoms with E-state index in [2.05, 4.69) is 65.2 Å². The molecule has 1 aromatic carbocycles. The molecule has 0 aliphatic carbocycles. The van der Waals surface area contributed by atoms with Crippen LogP contribution in [0.5, 0.6) is 0 Å². The summed E-state index contributed by atoms with van der Waals surface area (Å²) in [4.78, 5) is 3.64. The van der Waals surface area contributed by atoms with Crippen LogP contribution in [0.15, 0.2) is 54.0 Å². The molecule has 0 bridgehead atoms. The van der Waals surface area contributed by atoms with Gasteiger partial charge in [0.05, 0.1) is 10.6 Å². The van der Waals surface area contributed by atoms with Gasteiger partial charge in [-0.2, -0.15) is 5.10 Å². The van der Waals surface area contributed by atoms with Gasteiger partial charge in [-0.1, -0.05) is 24.3 Å². The molecule has 5 heteroatoms. The Bertz CT molecular complexity index is 786. The van der Waals surface area contributed by atoms with E-state index in [1.165, 1.54) is 36.4 Å². The molecule has 1 saturated heterocycles. The second-order valence-electron chi connectivity index (χ2n) is 6.72. The van der Waals surface area contributed by atoms with Gasteiger partial charge in [-0.3, -0.25) is 0 Å². The third-order valence-corrected chi connectivity index (χ3v) is 5.74. The molecule has 1 aliphatic heterocycles. The number of nitrogens with one attached hydrogen (secondary N) is 1. The smallest absolute Gasteiger partial charge is 0.107 e. The highest BCUT2D eigenvalue weighted by molar-refractivity contribution is 7.13. The molecule has 0 amide bonds. The van der Waals surface area contributed by atoms with Crippen LogP contribution in [0.4, 0.5) is 0 Å². The highest BCUT2D eigenvalue weighted by atomic mass is 32.1. The summed E-state index contributed by atoms with van der Waals surface area (Å²) in [6.45, 7) is 3.23. The molecule has 0 spiro atoms. The lowest BCUT2D eigenvalue weighted by molar-refractivity contribution is 0.234. The number of para-hydroxylation sites is 1. The molecule has 1 aliphatic rings. The molecule has 130 valence electrons. The fourth-order valence-corrected chi connectivity index (χ4v) is 4.08. The lowest BCUT2D eigenvalue weighted by Crippen LogP contribution is -2.40. The first-order chi connectivity index (χ1) is 12.3. The van der Waals surface area contributed by atoms with Gasteiger partial charge in [-0.05, 0) is 56.6 Å². The molecule has 4 nitrogen and oxygen atoms in total. The summed E-state index contributed by atoms with van der Waals surface area (Å²) in [6.07, 6.45) is 4.61. The Kier molecular flexibility index (Phi) is 4.97. The van der Waals surface area contributed by atoms with Crippen LogP contribution in [0.25, 0.3) is 16.3 Å². The molecule has 0 radical (unpaired) electrons. The average molecular weight is 353 g/mol. The highest BCUT2D eigenvalue weighted by Crippen LogP contribution is 2.28. The Labute approximate surface area is 153 Å². The van der Waals surface area contributed by atoms with Crippen molar-refractivity contribution in [1.29, 1.82) is 0 Å². The van der Waals surface area contributed by atoms with E-state index in [-0.39, 0.29) is 0 Å². The van der Waals surface area contributed by atoms with Crippen molar-refractivity contribution < 1.29 is 0 Å². The number of nitrogens with zero attached hydrogens (tertiary/aromatic N) is 3. The monoisotopic (exact) mass is 352 g/mol. The molecule has 4 rings (SSSR count). The van der Waals surface area contributed by atoms with Crippen molar-refractivity contribution in [1.82, 2.24) is 20.0 Å². The van der Waals surface area contributed by atoms with Crippen LogP contribution in [0.3, 0.4) is 0 Å². The third-order valence-electron chi connectivity index (χ3n) is 4.87. The number of likely N-dealkylation sites (tertiary alicyclic amines) is 1. The van der Waals surface area contributed by atoms with Crippen LogP contribution in [-0.2, 0) is 6.54 Å². The van der Waals surface area contributed by atoms with Gasteiger partial charge < -0.3 is 10.2 Å². The first kappa shape index (κ1) is 16.5.